The van der Waals surface area contributed by atoms with E-state index in [2.05, 4.69) is 20.7 Å². The molecule has 0 bridgehead atoms. The summed E-state index contributed by atoms with van der Waals surface area (Å²) in [6.07, 6.45) is 0. The first kappa shape index (κ1) is 12.0. The van der Waals surface area contributed by atoms with Crippen molar-refractivity contribution in [3.8, 4) is 5.75 Å². The highest BCUT2D eigenvalue weighted by atomic mass is 79.9. The molecule has 0 aliphatic carbocycles. The zero-order valence-electron chi connectivity index (χ0n) is 9.18. The molecule has 0 aromatic heterocycles. The van der Waals surface area contributed by atoms with Crippen molar-refractivity contribution in [2.24, 2.45) is 0 Å². The minimum absolute atomic E-state index is 0.393. The second kappa shape index (κ2) is 4.66. The van der Waals surface area contributed by atoms with Gasteiger partial charge in [-0.2, -0.15) is 0 Å². The van der Waals surface area contributed by atoms with Crippen molar-refractivity contribution in [3.05, 3.63) is 27.2 Å². The molecule has 0 saturated heterocycles. The number of hydrogen-bond donors (Lipinski definition) is 0. The van der Waals surface area contributed by atoms with Crippen LogP contribution in [-0.2, 0) is 4.74 Å². The lowest BCUT2D eigenvalue weighted by molar-refractivity contribution is 0.0597. The highest BCUT2D eigenvalue weighted by Crippen LogP contribution is 2.34. The Bertz CT molecular complexity index is 399. The highest BCUT2D eigenvalue weighted by molar-refractivity contribution is 9.10. The van der Waals surface area contributed by atoms with Gasteiger partial charge in [0.1, 0.15) is 11.3 Å². The van der Waals surface area contributed by atoms with Crippen LogP contribution in [0, 0.1) is 13.8 Å². The van der Waals surface area contributed by atoms with Crippen LogP contribution in [0.5, 0.6) is 5.75 Å². The maximum absolute atomic E-state index is 11.5. The Morgan fingerprint density at radius 2 is 1.93 bits per heavy atom. The predicted octanol–water partition coefficient (Wildman–Crippen LogP) is 2.86. The molecule has 0 saturated carbocycles. The predicted molar refractivity (Wildman–Crippen MR) is 61.5 cm³/mol. The van der Waals surface area contributed by atoms with Crippen molar-refractivity contribution in [1.82, 2.24) is 0 Å². The summed E-state index contributed by atoms with van der Waals surface area (Å²) in [6, 6.07) is 1.77. The largest absolute Gasteiger partial charge is 0.495 e. The standard InChI is InChI=1S/C11H13BrO3/c1-6-5-8(11(13)15-4)10(14-3)9(12)7(6)2/h5H,1-4H3. The van der Waals surface area contributed by atoms with Gasteiger partial charge >= 0.3 is 5.97 Å². The van der Waals surface area contributed by atoms with E-state index in [1.165, 1.54) is 14.2 Å². The molecule has 4 heteroatoms. The Balaban J connectivity index is 3.45. The SMILES string of the molecule is COC(=O)c1cc(C)c(C)c(Br)c1OC. The number of rotatable bonds is 2. The van der Waals surface area contributed by atoms with E-state index in [9.17, 15) is 4.79 Å². The molecular formula is C11H13BrO3. The molecule has 0 aliphatic rings. The van der Waals surface area contributed by atoms with Crippen LogP contribution < -0.4 is 4.74 Å². The molecule has 3 nitrogen and oxygen atoms in total. The number of carbonyl (C=O) groups excluding carboxylic acids is 1. The summed E-state index contributed by atoms with van der Waals surface area (Å²) in [5, 5.41) is 0. The molecule has 0 spiro atoms. The number of ether oxygens (including phenoxy) is 2. The molecular weight excluding hydrogens is 260 g/mol. The van der Waals surface area contributed by atoms with E-state index in [1.807, 2.05) is 13.8 Å². The highest BCUT2D eigenvalue weighted by Gasteiger charge is 2.18. The van der Waals surface area contributed by atoms with Crippen molar-refractivity contribution in [1.29, 1.82) is 0 Å². The molecule has 0 amide bonds. The maximum Gasteiger partial charge on any atom is 0.341 e. The summed E-state index contributed by atoms with van der Waals surface area (Å²) in [4.78, 5) is 11.5. The Kier molecular flexibility index (Phi) is 3.74. The van der Waals surface area contributed by atoms with E-state index in [-0.39, 0.29) is 0 Å². The lowest BCUT2D eigenvalue weighted by Gasteiger charge is -2.13. The topological polar surface area (TPSA) is 35.5 Å². The van der Waals surface area contributed by atoms with Crippen LogP contribution in [0.2, 0.25) is 0 Å². The lowest BCUT2D eigenvalue weighted by Crippen LogP contribution is -2.06. The molecule has 0 atom stereocenters. The number of hydrogen-bond acceptors (Lipinski definition) is 3. The normalized spacial score (nSPS) is 9.93. The van der Waals surface area contributed by atoms with E-state index in [0.717, 1.165) is 15.6 Å². The molecule has 0 fully saturated rings. The molecule has 1 aromatic rings. The first-order valence-electron chi connectivity index (χ1n) is 4.45. The number of benzene rings is 1. The fourth-order valence-corrected chi connectivity index (χ4v) is 2.00. The van der Waals surface area contributed by atoms with Gasteiger partial charge in [0, 0.05) is 0 Å². The van der Waals surface area contributed by atoms with Crippen LogP contribution in [0.3, 0.4) is 0 Å². The average Bonchev–Trinajstić information content (AvgIpc) is 2.24. The summed E-state index contributed by atoms with van der Waals surface area (Å²) in [5.41, 5.74) is 2.51. The molecule has 0 radical (unpaired) electrons. The second-order valence-corrected chi connectivity index (χ2v) is 4.00. The van der Waals surface area contributed by atoms with Crippen LogP contribution in [0.1, 0.15) is 21.5 Å². The third kappa shape index (κ3) is 2.15. The maximum atomic E-state index is 11.5. The number of carbonyl (C=O) groups is 1. The smallest absolute Gasteiger partial charge is 0.341 e. The molecule has 0 unspecified atom stereocenters. The van der Waals surface area contributed by atoms with Gasteiger partial charge in [-0.05, 0) is 47.0 Å². The molecule has 15 heavy (non-hydrogen) atoms. The Labute approximate surface area is 97.5 Å². The van der Waals surface area contributed by atoms with Gasteiger partial charge in [0.2, 0.25) is 0 Å². The first-order chi connectivity index (χ1) is 7.02. The van der Waals surface area contributed by atoms with E-state index < -0.39 is 5.97 Å². The lowest BCUT2D eigenvalue weighted by atomic mass is 10.1. The molecule has 0 aliphatic heterocycles. The molecule has 0 N–H and O–H groups in total. The summed E-state index contributed by atoms with van der Waals surface area (Å²) >= 11 is 3.41. The zero-order valence-corrected chi connectivity index (χ0v) is 10.8. The number of halogens is 1. The van der Waals surface area contributed by atoms with Crippen molar-refractivity contribution in [2.75, 3.05) is 14.2 Å². The third-order valence-electron chi connectivity index (χ3n) is 2.33. The van der Waals surface area contributed by atoms with E-state index in [1.54, 1.807) is 6.07 Å². The molecule has 1 rings (SSSR count). The van der Waals surface area contributed by atoms with Gasteiger partial charge in [-0.25, -0.2) is 4.79 Å². The number of esters is 1. The van der Waals surface area contributed by atoms with Crippen molar-refractivity contribution in [2.45, 2.75) is 13.8 Å². The van der Waals surface area contributed by atoms with Gasteiger partial charge in [0.15, 0.2) is 0 Å². The van der Waals surface area contributed by atoms with E-state index >= 15 is 0 Å². The van der Waals surface area contributed by atoms with Gasteiger partial charge in [-0.3, -0.25) is 0 Å². The third-order valence-corrected chi connectivity index (χ3v) is 3.29. The monoisotopic (exact) mass is 272 g/mol. The zero-order chi connectivity index (χ0) is 11.6. The quantitative estimate of drug-likeness (QED) is 0.777. The van der Waals surface area contributed by atoms with Crippen LogP contribution in [0.25, 0.3) is 0 Å². The van der Waals surface area contributed by atoms with E-state index in [0.29, 0.717) is 11.3 Å². The van der Waals surface area contributed by atoms with Gasteiger partial charge in [0.25, 0.3) is 0 Å². The Morgan fingerprint density at radius 3 is 2.40 bits per heavy atom. The van der Waals surface area contributed by atoms with Crippen LogP contribution in [-0.4, -0.2) is 20.2 Å². The molecule has 82 valence electrons. The minimum Gasteiger partial charge on any atom is -0.495 e. The van der Waals surface area contributed by atoms with Gasteiger partial charge in [-0.1, -0.05) is 0 Å². The fraction of sp³-hybridized carbons (Fsp3) is 0.364. The van der Waals surface area contributed by atoms with Crippen LogP contribution in [0.4, 0.5) is 0 Å². The van der Waals surface area contributed by atoms with Gasteiger partial charge < -0.3 is 9.47 Å². The number of methoxy groups -OCH3 is 2. The van der Waals surface area contributed by atoms with E-state index in [4.69, 9.17) is 4.74 Å². The minimum atomic E-state index is -0.393. The van der Waals surface area contributed by atoms with Gasteiger partial charge in [-0.15, -0.1) is 0 Å². The Hall–Kier alpha value is -1.03. The summed E-state index contributed by atoms with van der Waals surface area (Å²) in [6.45, 7) is 3.90. The van der Waals surface area contributed by atoms with Crippen LogP contribution in [0.15, 0.2) is 10.5 Å². The van der Waals surface area contributed by atoms with Crippen molar-refractivity contribution < 1.29 is 14.3 Å². The molecule has 1 aromatic carbocycles. The van der Waals surface area contributed by atoms with Crippen molar-refractivity contribution in [3.63, 3.8) is 0 Å². The fourth-order valence-electron chi connectivity index (χ4n) is 1.31. The molecule has 0 heterocycles. The van der Waals surface area contributed by atoms with Crippen LogP contribution >= 0.6 is 15.9 Å². The second-order valence-electron chi connectivity index (χ2n) is 3.20. The first-order valence-corrected chi connectivity index (χ1v) is 5.24. The average molecular weight is 273 g/mol. The van der Waals surface area contributed by atoms with Crippen molar-refractivity contribution >= 4 is 21.9 Å². The number of aryl methyl sites for hydroxylation is 1. The Morgan fingerprint density at radius 1 is 1.33 bits per heavy atom. The summed E-state index contributed by atoms with van der Waals surface area (Å²) in [5.74, 6) is 0.126. The summed E-state index contributed by atoms with van der Waals surface area (Å²) in [7, 11) is 2.88. The van der Waals surface area contributed by atoms with Gasteiger partial charge in [0.05, 0.1) is 18.7 Å². The summed E-state index contributed by atoms with van der Waals surface area (Å²) < 4.78 is 10.7.